The minimum Gasteiger partial charge on any atom is -0.346 e. The van der Waals surface area contributed by atoms with Gasteiger partial charge in [0.25, 0.3) is 0 Å². The second-order valence-corrected chi connectivity index (χ2v) is 10.1. The van der Waals surface area contributed by atoms with E-state index in [2.05, 4.69) is 10.6 Å². The monoisotopic (exact) mass is 480 g/mol. The van der Waals surface area contributed by atoms with Crippen molar-refractivity contribution in [3.8, 4) is 0 Å². The number of carbonyl (C=O) groups is 2. The number of nitrogens with one attached hydrogen (secondary N) is 2. The van der Waals surface area contributed by atoms with E-state index >= 15 is 0 Å². The summed E-state index contributed by atoms with van der Waals surface area (Å²) in [6, 6.07) is 14.5. The van der Waals surface area contributed by atoms with Gasteiger partial charge in [0.2, 0.25) is 0 Å². The van der Waals surface area contributed by atoms with Gasteiger partial charge < -0.3 is 10.6 Å². The summed E-state index contributed by atoms with van der Waals surface area (Å²) in [4.78, 5) is 24.7. The van der Waals surface area contributed by atoms with Gasteiger partial charge in [-0.3, -0.25) is 9.59 Å². The lowest BCUT2D eigenvalue weighted by Gasteiger charge is -2.17. The average molecular weight is 481 g/mol. The smallest absolute Gasteiger partial charge is 0.309 e. The molecule has 0 bridgehead atoms. The summed E-state index contributed by atoms with van der Waals surface area (Å²) >= 11 is 7.02. The summed E-state index contributed by atoms with van der Waals surface area (Å²) < 4.78 is 39.4. The van der Waals surface area contributed by atoms with Gasteiger partial charge in [-0.1, -0.05) is 29.8 Å². The maximum atomic E-state index is 13.2. The molecule has 6 nitrogen and oxygen atoms in total. The Bertz CT molecular complexity index is 1150. The number of hydrogen-bond acceptors (Lipinski definition) is 5. The number of rotatable bonds is 7. The molecule has 31 heavy (non-hydrogen) atoms. The van der Waals surface area contributed by atoms with Gasteiger partial charge in [0.1, 0.15) is 11.1 Å². The topological polar surface area (TPSA) is 92.3 Å². The van der Waals surface area contributed by atoms with E-state index in [0.717, 1.165) is 17.7 Å². The van der Waals surface area contributed by atoms with E-state index in [1.165, 1.54) is 23.5 Å². The van der Waals surface area contributed by atoms with Gasteiger partial charge in [-0.2, -0.15) is 0 Å². The molecule has 0 saturated carbocycles. The predicted molar refractivity (Wildman–Crippen MR) is 117 cm³/mol. The van der Waals surface area contributed by atoms with Crippen molar-refractivity contribution >= 4 is 44.6 Å². The van der Waals surface area contributed by atoms with Gasteiger partial charge in [-0.05, 0) is 53.4 Å². The van der Waals surface area contributed by atoms with Crippen molar-refractivity contribution < 1.29 is 22.4 Å². The van der Waals surface area contributed by atoms with Gasteiger partial charge in [-0.15, -0.1) is 11.3 Å². The SMILES string of the molecule is O=C(NCc1ccc(Cl)cc1)C(=O)NCC(c1cccs1)S(=O)(=O)c1ccc(F)cc1. The molecule has 1 unspecified atom stereocenters. The Hall–Kier alpha value is -2.75. The first-order valence-electron chi connectivity index (χ1n) is 9.10. The third-order valence-electron chi connectivity index (χ3n) is 4.40. The van der Waals surface area contributed by atoms with E-state index in [1.54, 1.807) is 41.8 Å². The van der Waals surface area contributed by atoms with Crippen LogP contribution >= 0.6 is 22.9 Å². The van der Waals surface area contributed by atoms with Crippen LogP contribution in [0.2, 0.25) is 5.02 Å². The zero-order valence-corrected chi connectivity index (χ0v) is 18.4. The molecule has 0 aliphatic heterocycles. The van der Waals surface area contributed by atoms with Gasteiger partial charge in [-0.25, -0.2) is 12.8 Å². The van der Waals surface area contributed by atoms with Crippen molar-refractivity contribution in [3.63, 3.8) is 0 Å². The number of benzene rings is 2. The maximum absolute atomic E-state index is 13.2. The van der Waals surface area contributed by atoms with Crippen LogP contribution in [0, 0.1) is 5.82 Å². The molecule has 0 aliphatic rings. The van der Waals surface area contributed by atoms with Crippen molar-refractivity contribution in [2.75, 3.05) is 6.54 Å². The maximum Gasteiger partial charge on any atom is 0.309 e. The van der Waals surface area contributed by atoms with Crippen molar-refractivity contribution in [2.45, 2.75) is 16.7 Å². The summed E-state index contributed by atoms with van der Waals surface area (Å²) in [5.41, 5.74) is 0.751. The molecule has 2 amide bonds. The highest BCUT2D eigenvalue weighted by Crippen LogP contribution is 2.31. The number of amides is 2. The Balaban J connectivity index is 1.68. The number of sulfone groups is 1. The number of halogens is 2. The molecule has 1 heterocycles. The molecule has 3 rings (SSSR count). The number of thiophene rings is 1. The van der Waals surface area contributed by atoms with E-state index in [9.17, 15) is 22.4 Å². The first-order chi connectivity index (χ1) is 14.8. The van der Waals surface area contributed by atoms with Crippen LogP contribution in [0.1, 0.15) is 15.7 Å². The highest BCUT2D eigenvalue weighted by Gasteiger charge is 2.31. The molecule has 0 fully saturated rings. The lowest BCUT2D eigenvalue weighted by Crippen LogP contribution is -2.42. The van der Waals surface area contributed by atoms with Gasteiger partial charge >= 0.3 is 11.8 Å². The van der Waals surface area contributed by atoms with Crippen molar-refractivity contribution in [2.24, 2.45) is 0 Å². The second kappa shape index (κ2) is 10.0. The minimum absolute atomic E-state index is 0.0752. The first-order valence-corrected chi connectivity index (χ1v) is 11.9. The molecular weight excluding hydrogens is 463 g/mol. The molecule has 0 saturated heterocycles. The zero-order chi connectivity index (χ0) is 22.4. The third-order valence-corrected chi connectivity index (χ3v) is 7.88. The minimum atomic E-state index is -3.94. The fourth-order valence-electron chi connectivity index (χ4n) is 2.76. The largest absolute Gasteiger partial charge is 0.346 e. The van der Waals surface area contributed by atoms with Gasteiger partial charge in [0, 0.05) is 23.0 Å². The highest BCUT2D eigenvalue weighted by molar-refractivity contribution is 7.91. The lowest BCUT2D eigenvalue weighted by molar-refractivity contribution is -0.139. The normalized spacial score (nSPS) is 12.2. The number of carbonyl (C=O) groups excluding carboxylic acids is 2. The predicted octanol–water partition coefficient (Wildman–Crippen LogP) is 3.49. The molecule has 162 valence electrons. The molecular formula is C21H18ClFN2O4S2. The molecule has 0 aliphatic carbocycles. The molecule has 0 radical (unpaired) electrons. The summed E-state index contributed by atoms with van der Waals surface area (Å²) in [6.07, 6.45) is 0. The molecule has 1 atom stereocenters. The number of hydrogen-bond donors (Lipinski definition) is 2. The Labute approximate surface area is 188 Å². The summed E-state index contributed by atoms with van der Waals surface area (Å²) in [6.45, 7) is -0.195. The van der Waals surface area contributed by atoms with E-state index in [1.807, 2.05) is 0 Å². The summed E-state index contributed by atoms with van der Waals surface area (Å²) in [7, 11) is -3.94. The van der Waals surface area contributed by atoms with Gasteiger partial charge in [0.05, 0.1) is 4.90 Å². The Morgan fingerprint density at radius 2 is 1.61 bits per heavy atom. The van der Waals surface area contributed by atoms with Crippen molar-refractivity contribution in [1.82, 2.24) is 10.6 Å². The van der Waals surface area contributed by atoms with E-state index in [0.29, 0.717) is 9.90 Å². The molecule has 2 N–H and O–H groups in total. The van der Waals surface area contributed by atoms with Crippen LogP contribution in [0.25, 0.3) is 0 Å². The Morgan fingerprint density at radius 3 is 2.23 bits per heavy atom. The highest BCUT2D eigenvalue weighted by atomic mass is 35.5. The second-order valence-electron chi connectivity index (χ2n) is 6.52. The van der Waals surface area contributed by atoms with E-state index in [4.69, 9.17) is 11.6 Å². The van der Waals surface area contributed by atoms with E-state index < -0.39 is 32.7 Å². The molecule has 10 heteroatoms. The van der Waals surface area contributed by atoms with Crippen LogP contribution in [0.4, 0.5) is 4.39 Å². The Morgan fingerprint density at radius 1 is 0.968 bits per heavy atom. The van der Waals surface area contributed by atoms with Gasteiger partial charge in [0.15, 0.2) is 9.84 Å². The summed E-state index contributed by atoms with van der Waals surface area (Å²) in [5, 5.41) is 6.00. The van der Waals surface area contributed by atoms with E-state index in [-0.39, 0.29) is 18.0 Å². The van der Waals surface area contributed by atoms with Crippen LogP contribution in [0.15, 0.2) is 70.9 Å². The fourth-order valence-corrected chi connectivity index (χ4v) is 5.67. The molecule has 3 aromatic rings. The third kappa shape index (κ3) is 5.90. The van der Waals surface area contributed by atoms with Crippen molar-refractivity contribution in [3.05, 3.63) is 87.3 Å². The first kappa shape index (κ1) is 22.9. The fraction of sp³-hybridized carbons (Fsp3) is 0.143. The molecule has 0 spiro atoms. The van der Waals surface area contributed by atoms with Crippen LogP contribution < -0.4 is 10.6 Å². The van der Waals surface area contributed by atoms with Crippen molar-refractivity contribution in [1.29, 1.82) is 0 Å². The lowest BCUT2D eigenvalue weighted by atomic mass is 10.2. The van der Waals surface area contributed by atoms with Crippen LogP contribution in [0.5, 0.6) is 0 Å². The molecule has 2 aromatic carbocycles. The standard InChI is InChI=1S/C21H18ClFN2O4S2/c22-15-5-3-14(4-6-15)12-24-20(26)21(27)25-13-19(18-2-1-11-30-18)31(28,29)17-9-7-16(23)8-10-17/h1-11,19H,12-13H2,(H,24,26)(H,25,27). The van der Waals surface area contributed by atoms with Crippen LogP contribution in [0.3, 0.4) is 0 Å². The average Bonchev–Trinajstić information content (AvgIpc) is 3.27. The molecule has 1 aromatic heterocycles. The van der Waals surface area contributed by atoms with Crippen LogP contribution in [-0.4, -0.2) is 26.8 Å². The van der Waals surface area contributed by atoms with Crippen LogP contribution in [-0.2, 0) is 26.0 Å². The Kier molecular flexibility index (Phi) is 7.42. The quantitative estimate of drug-likeness (QED) is 0.400. The zero-order valence-electron chi connectivity index (χ0n) is 16.0. The summed E-state index contributed by atoms with van der Waals surface area (Å²) in [5.74, 6) is -2.40.